The van der Waals surface area contributed by atoms with Crippen molar-refractivity contribution in [3.63, 3.8) is 0 Å². The van der Waals surface area contributed by atoms with Gasteiger partial charge in [-0.1, -0.05) is 0 Å². The Kier molecular flexibility index (Phi) is 5.43. The SMILES string of the molecule is COc1nc(OC)nc(N(CCO)CC(F)F)n1. The first-order chi connectivity index (χ1) is 8.60. The molecule has 0 radical (unpaired) electrons. The van der Waals surface area contributed by atoms with E-state index in [4.69, 9.17) is 14.6 Å². The van der Waals surface area contributed by atoms with Crippen molar-refractivity contribution in [2.45, 2.75) is 6.43 Å². The Morgan fingerprint density at radius 2 is 1.72 bits per heavy atom. The van der Waals surface area contributed by atoms with Gasteiger partial charge in [-0.05, 0) is 0 Å². The fourth-order valence-corrected chi connectivity index (χ4v) is 1.21. The van der Waals surface area contributed by atoms with Gasteiger partial charge in [0, 0.05) is 6.54 Å². The summed E-state index contributed by atoms with van der Waals surface area (Å²) in [5.74, 6) is -0.0342. The molecule has 0 atom stereocenters. The molecule has 18 heavy (non-hydrogen) atoms. The minimum Gasteiger partial charge on any atom is -0.467 e. The van der Waals surface area contributed by atoms with Crippen LogP contribution in [0.25, 0.3) is 0 Å². The molecule has 1 rings (SSSR count). The van der Waals surface area contributed by atoms with Crippen LogP contribution in [-0.4, -0.2) is 60.4 Å². The number of alkyl halides is 2. The number of anilines is 1. The first kappa shape index (κ1) is 14.3. The second-order valence-corrected chi connectivity index (χ2v) is 3.17. The van der Waals surface area contributed by atoms with Crippen LogP contribution in [0.1, 0.15) is 0 Å². The van der Waals surface area contributed by atoms with Gasteiger partial charge in [-0.3, -0.25) is 0 Å². The maximum Gasteiger partial charge on any atom is 0.324 e. The summed E-state index contributed by atoms with van der Waals surface area (Å²) in [5.41, 5.74) is 0. The standard InChI is InChI=1S/C9H14F2N4O3/c1-17-8-12-7(13-9(14-8)18-2)15(3-4-16)5-6(10)11/h6,16H,3-5H2,1-2H3. The average molecular weight is 264 g/mol. The Balaban J connectivity index is 3.01. The summed E-state index contributed by atoms with van der Waals surface area (Å²) in [7, 11) is 2.67. The van der Waals surface area contributed by atoms with Gasteiger partial charge in [0.05, 0.1) is 27.4 Å². The molecule has 0 saturated heterocycles. The Morgan fingerprint density at radius 3 is 2.11 bits per heavy atom. The number of rotatable bonds is 7. The molecule has 0 spiro atoms. The number of hydrogen-bond acceptors (Lipinski definition) is 7. The number of aromatic nitrogens is 3. The van der Waals surface area contributed by atoms with Crippen molar-refractivity contribution in [3.8, 4) is 12.0 Å². The number of methoxy groups -OCH3 is 2. The van der Waals surface area contributed by atoms with Crippen molar-refractivity contribution >= 4 is 5.95 Å². The lowest BCUT2D eigenvalue weighted by Crippen LogP contribution is -2.33. The monoisotopic (exact) mass is 264 g/mol. The van der Waals surface area contributed by atoms with Crippen molar-refractivity contribution < 1.29 is 23.4 Å². The van der Waals surface area contributed by atoms with E-state index < -0.39 is 13.0 Å². The van der Waals surface area contributed by atoms with Crippen LogP contribution in [-0.2, 0) is 0 Å². The molecule has 0 amide bonds. The summed E-state index contributed by atoms with van der Waals surface area (Å²) >= 11 is 0. The molecule has 0 unspecified atom stereocenters. The number of aliphatic hydroxyl groups is 1. The summed E-state index contributed by atoms with van der Waals surface area (Å²) in [6.45, 7) is -0.930. The van der Waals surface area contributed by atoms with E-state index in [-0.39, 0.29) is 31.1 Å². The van der Waals surface area contributed by atoms with Crippen molar-refractivity contribution in [1.82, 2.24) is 15.0 Å². The third kappa shape index (κ3) is 3.91. The quantitative estimate of drug-likeness (QED) is 0.739. The zero-order valence-corrected chi connectivity index (χ0v) is 10.0. The van der Waals surface area contributed by atoms with Crippen LogP contribution < -0.4 is 14.4 Å². The van der Waals surface area contributed by atoms with E-state index in [1.807, 2.05) is 0 Å². The molecule has 1 aromatic heterocycles. The van der Waals surface area contributed by atoms with Crippen LogP contribution in [0.4, 0.5) is 14.7 Å². The topological polar surface area (TPSA) is 80.6 Å². The van der Waals surface area contributed by atoms with Gasteiger partial charge in [0.15, 0.2) is 0 Å². The van der Waals surface area contributed by atoms with Gasteiger partial charge in [0.2, 0.25) is 5.95 Å². The minimum atomic E-state index is -2.58. The molecule has 0 aliphatic rings. The number of ether oxygens (including phenoxy) is 2. The Morgan fingerprint density at radius 1 is 1.17 bits per heavy atom. The Hall–Kier alpha value is -1.77. The van der Waals surface area contributed by atoms with Gasteiger partial charge in [-0.2, -0.15) is 9.97 Å². The maximum absolute atomic E-state index is 12.4. The van der Waals surface area contributed by atoms with Crippen LogP contribution in [0.5, 0.6) is 12.0 Å². The highest BCUT2D eigenvalue weighted by Gasteiger charge is 2.17. The van der Waals surface area contributed by atoms with E-state index in [1.54, 1.807) is 0 Å². The molecule has 9 heteroatoms. The molecule has 0 bridgehead atoms. The van der Waals surface area contributed by atoms with Crippen molar-refractivity contribution in [3.05, 3.63) is 0 Å². The molecule has 0 saturated carbocycles. The highest BCUT2D eigenvalue weighted by Crippen LogP contribution is 2.16. The van der Waals surface area contributed by atoms with Crippen LogP contribution in [0.2, 0.25) is 0 Å². The van der Waals surface area contributed by atoms with Crippen molar-refractivity contribution in [1.29, 1.82) is 0 Å². The number of aliphatic hydroxyl groups excluding tert-OH is 1. The largest absolute Gasteiger partial charge is 0.467 e. The molecule has 0 aliphatic carbocycles. The van der Waals surface area contributed by atoms with Crippen LogP contribution in [0, 0.1) is 0 Å². The van der Waals surface area contributed by atoms with E-state index in [2.05, 4.69) is 15.0 Å². The summed E-state index contributed by atoms with van der Waals surface area (Å²) in [5, 5.41) is 8.84. The van der Waals surface area contributed by atoms with E-state index in [0.29, 0.717) is 0 Å². The minimum absolute atomic E-state index is 0.0271. The highest BCUT2D eigenvalue weighted by molar-refractivity contribution is 5.32. The molecule has 7 nitrogen and oxygen atoms in total. The molecule has 1 heterocycles. The van der Waals surface area contributed by atoms with Gasteiger partial charge >= 0.3 is 12.0 Å². The third-order valence-electron chi connectivity index (χ3n) is 1.96. The van der Waals surface area contributed by atoms with E-state index >= 15 is 0 Å². The summed E-state index contributed by atoms with van der Waals surface area (Å²) in [4.78, 5) is 12.5. The Labute approximate surface area is 102 Å². The molecule has 1 N–H and O–H groups in total. The summed E-state index contributed by atoms with van der Waals surface area (Å²) < 4.78 is 34.4. The lowest BCUT2D eigenvalue weighted by molar-refractivity contribution is 0.152. The summed E-state index contributed by atoms with van der Waals surface area (Å²) in [6, 6.07) is -0.0943. The molecule has 0 fully saturated rings. The zero-order valence-electron chi connectivity index (χ0n) is 10.0. The second kappa shape index (κ2) is 6.84. The van der Waals surface area contributed by atoms with E-state index in [9.17, 15) is 8.78 Å². The highest BCUT2D eigenvalue weighted by atomic mass is 19.3. The van der Waals surface area contributed by atoms with Gasteiger partial charge in [0.1, 0.15) is 0 Å². The van der Waals surface area contributed by atoms with E-state index in [1.165, 1.54) is 14.2 Å². The molecule has 1 aromatic rings. The van der Waals surface area contributed by atoms with Gasteiger partial charge in [-0.25, -0.2) is 8.78 Å². The van der Waals surface area contributed by atoms with Gasteiger partial charge in [0.25, 0.3) is 6.43 Å². The smallest absolute Gasteiger partial charge is 0.324 e. The summed E-state index contributed by atoms with van der Waals surface area (Å²) in [6.07, 6.45) is -2.58. The zero-order chi connectivity index (χ0) is 13.5. The van der Waals surface area contributed by atoms with Gasteiger partial charge in [-0.15, -0.1) is 4.98 Å². The van der Waals surface area contributed by atoms with Crippen molar-refractivity contribution in [2.75, 3.05) is 38.8 Å². The third-order valence-corrected chi connectivity index (χ3v) is 1.96. The fraction of sp³-hybridized carbons (Fsp3) is 0.667. The number of nitrogens with zero attached hydrogens (tertiary/aromatic N) is 4. The first-order valence-corrected chi connectivity index (χ1v) is 5.08. The number of halogens is 2. The predicted molar refractivity (Wildman–Crippen MR) is 58.2 cm³/mol. The second-order valence-electron chi connectivity index (χ2n) is 3.17. The van der Waals surface area contributed by atoms with Crippen molar-refractivity contribution in [2.24, 2.45) is 0 Å². The lowest BCUT2D eigenvalue weighted by Gasteiger charge is -2.21. The lowest BCUT2D eigenvalue weighted by atomic mass is 10.5. The predicted octanol–water partition coefficient (Wildman–Crippen LogP) is -0.0474. The van der Waals surface area contributed by atoms with E-state index in [0.717, 1.165) is 4.90 Å². The fourth-order valence-electron chi connectivity index (χ4n) is 1.21. The molecular formula is C9H14F2N4O3. The Bertz CT molecular complexity index is 359. The van der Waals surface area contributed by atoms with Crippen LogP contribution in [0.3, 0.4) is 0 Å². The molecule has 0 aromatic carbocycles. The average Bonchev–Trinajstić information content (AvgIpc) is 2.37. The number of hydrogen-bond donors (Lipinski definition) is 1. The maximum atomic E-state index is 12.4. The van der Waals surface area contributed by atoms with Gasteiger partial charge < -0.3 is 19.5 Å². The van der Waals surface area contributed by atoms with Crippen LogP contribution >= 0.6 is 0 Å². The normalized spacial score (nSPS) is 10.6. The molecule has 102 valence electrons. The molecular weight excluding hydrogens is 250 g/mol. The van der Waals surface area contributed by atoms with Crippen LogP contribution in [0.15, 0.2) is 0 Å². The molecule has 0 aliphatic heterocycles. The first-order valence-electron chi connectivity index (χ1n) is 5.08.